The van der Waals surface area contributed by atoms with Crippen LogP contribution in [0, 0.1) is 26.7 Å². The third-order valence-corrected chi connectivity index (χ3v) is 4.97. The van der Waals surface area contributed by atoms with Crippen LogP contribution >= 0.6 is 0 Å². The number of hydrogen-bond acceptors (Lipinski definition) is 5. The number of nitrogens with one attached hydrogen (secondary N) is 2. The van der Waals surface area contributed by atoms with Crippen LogP contribution in [0.15, 0.2) is 42.5 Å². The van der Waals surface area contributed by atoms with E-state index < -0.39 is 6.04 Å². The van der Waals surface area contributed by atoms with Crippen molar-refractivity contribution in [3.63, 3.8) is 0 Å². The molecule has 0 aliphatic carbocycles. The lowest BCUT2D eigenvalue weighted by atomic mass is 10.0. The van der Waals surface area contributed by atoms with E-state index in [1.807, 2.05) is 77.1 Å². The summed E-state index contributed by atoms with van der Waals surface area (Å²) >= 11 is 0. The minimum Gasteiger partial charge on any atom is -0.345 e. The largest absolute Gasteiger partial charge is 0.345 e. The molecular weight excluding hydrogens is 392 g/mol. The number of carbonyl (C=O) groups is 2. The zero-order valence-electron chi connectivity index (χ0n) is 18.5. The van der Waals surface area contributed by atoms with E-state index >= 15 is 0 Å². The maximum atomic E-state index is 12.8. The van der Waals surface area contributed by atoms with E-state index in [9.17, 15) is 9.59 Å². The fraction of sp³-hybridized carbons (Fsp3) is 0.348. The molecule has 8 heteroatoms. The molecule has 3 aromatic rings. The van der Waals surface area contributed by atoms with Gasteiger partial charge >= 0.3 is 0 Å². The Hall–Kier alpha value is -3.55. The van der Waals surface area contributed by atoms with Crippen molar-refractivity contribution in [2.45, 2.75) is 40.7 Å². The van der Waals surface area contributed by atoms with Crippen molar-refractivity contribution in [1.29, 1.82) is 0 Å². The van der Waals surface area contributed by atoms with E-state index in [0.717, 1.165) is 27.9 Å². The Bertz CT molecular complexity index is 1050. The summed E-state index contributed by atoms with van der Waals surface area (Å²) in [6.45, 7) is 9.56. The maximum absolute atomic E-state index is 12.8. The monoisotopic (exact) mass is 420 g/mol. The van der Waals surface area contributed by atoms with E-state index in [2.05, 4.69) is 26.0 Å². The van der Waals surface area contributed by atoms with Gasteiger partial charge in [0.25, 0.3) is 0 Å². The molecule has 0 saturated carbocycles. The average molecular weight is 421 g/mol. The maximum Gasteiger partial charge on any atom is 0.247 e. The molecule has 31 heavy (non-hydrogen) atoms. The number of rotatable bonds is 7. The van der Waals surface area contributed by atoms with Gasteiger partial charge in [0, 0.05) is 11.3 Å². The number of tetrazole rings is 1. The first kappa shape index (κ1) is 22.1. The van der Waals surface area contributed by atoms with E-state index in [1.54, 1.807) is 0 Å². The number of carbonyl (C=O) groups excluding carboxylic acids is 2. The Kier molecular flexibility index (Phi) is 6.79. The van der Waals surface area contributed by atoms with Crippen LogP contribution in [0.4, 0.5) is 5.69 Å². The third kappa shape index (κ3) is 5.33. The normalized spacial score (nSPS) is 11.9. The molecule has 2 N–H and O–H groups in total. The molecule has 1 aromatic heterocycles. The molecule has 3 rings (SSSR count). The summed E-state index contributed by atoms with van der Waals surface area (Å²) in [6, 6.07) is 12.8. The van der Waals surface area contributed by atoms with Gasteiger partial charge in [-0.15, -0.1) is 10.2 Å². The lowest BCUT2D eigenvalue weighted by Gasteiger charge is -2.19. The van der Waals surface area contributed by atoms with Gasteiger partial charge in [-0.25, -0.2) is 0 Å². The molecule has 162 valence electrons. The zero-order valence-corrected chi connectivity index (χ0v) is 18.5. The van der Waals surface area contributed by atoms with E-state index in [-0.39, 0.29) is 24.3 Å². The van der Waals surface area contributed by atoms with Gasteiger partial charge in [0.1, 0.15) is 0 Å². The molecule has 1 atom stereocenters. The number of nitrogens with zero attached hydrogens (tertiary/aromatic N) is 4. The van der Waals surface area contributed by atoms with Crippen LogP contribution in [0.5, 0.6) is 0 Å². The van der Waals surface area contributed by atoms with Gasteiger partial charge in [-0.1, -0.05) is 61.9 Å². The smallest absolute Gasteiger partial charge is 0.247 e. The molecule has 2 aromatic carbocycles. The number of anilines is 1. The summed E-state index contributed by atoms with van der Waals surface area (Å²) in [5.74, 6) is -0.272. The molecule has 0 saturated heterocycles. The summed E-state index contributed by atoms with van der Waals surface area (Å²) in [7, 11) is 0. The summed E-state index contributed by atoms with van der Waals surface area (Å²) < 4.78 is 0. The molecule has 0 radical (unpaired) electrons. The quantitative estimate of drug-likeness (QED) is 0.611. The molecule has 8 nitrogen and oxygen atoms in total. The van der Waals surface area contributed by atoms with Gasteiger partial charge < -0.3 is 10.6 Å². The average Bonchev–Trinajstić information content (AvgIpc) is 3.19. The van der Waals surface area contributed by atoms with Crippen LogP contribution < -0.4 is 10.6 Å². The van der Waals surface area contributed by atoms with Gasteiger partial charge in [-0.2, -0.15) is 4.80 Å². The Balaban J connectivity index is 1.66. The minimum absolute atomic E-state index is 0.0949. The van der Waals surface area contributed by atoms with Crippen LogP contribution in [0.25, 0.3) is 11.4 Å². The van der Waals surface area contributed by atoms with Crippen molar-refractivity contribution in [3.8, 4) is 11.4 Å². The highest BCUT2D eigenvalue weighted by Crippen LogP contribution is 2.22. The lowest BCUT2D eigenvalue weighted by molar-refractivity contribution is -0.128. The van der Waals surface area contributed by atoms with Gasteiger partial charge in [0.05, 0.1) is 6.54 Å². The first-order valence-electron chi connectivity index (χ1n) is 10.3. The zero-order chi connectivity index (χ0) is 22.5. The highest BCUT2D eigenvalue weighted by molar-refractivity contribution is 5.96. The van der Waals surface area contributed by atoms with Crippen LogP contribution in [0.1, 0.15) is 36.6 Å². The van der Waals surface area contributed by atoms with Gasteiger partial charge in [0.2, 0.25) is 17.6 Å². The Labute approximate surface area is 182 Å². The Morgan fingerprint density at radius 1 is 1.03 bits per heavy atom. The molecule has 0 aliphatic heterocycles. The summed E-state index contributed by atoms with van der Waals surface area (Å²) in [5.41, 5.74) is 4.70. The van der Waals surface area contributed by atoms with Gasteiger partial charge in [-0.05, 0) is 43.0 Å². The Morgan fingerprint density at radius 2 is 1.68 bits per heavy atom. The molecule has 2 amide bonds. The highest BCUT2D eigenvalue weighted by atomic mass is 16.2. The second kappa shape index (κ2) is 9.51. The third-order valence-electron chi connectivity index (χ3n) is 4.97. The topological polar surface area (TPSA) is 102 Å². The fourth-order valence-corrected chi connectivity index (χ4v) is 3.55. The van der Waals surface area contributed by atoms with Crippen molar-refractivity contribution in [2.24, 2.45) is 5.92 Å². The standard InChI is InChI=1S/C23H28N6O2/c1-14(2)21(29-27-22(26-28-29)18-9-7-6-8-10-18)23(31)24-13-19(30)25-20-16(4)11-15(3)12-17(20)5/h6-12,14,21H,13H2,1-5H3,(H,24,31)(H,25,30)/t21-/m0/s1. The van der Waals surface area contributed by atoms with Crippen LogP contribution in [0.3, 0.4) is 0 Å². The van der Waals surface area contributed by atoms with Crippen LogP contribution in [-0.4, -0.2) is 38.6 Å². The number of hydrogen-bond donors (Lipinski definition) is 2. The molecule has 0 spiro atoms. The number of benzene rings is 2. The second-order valence-electron chi connectivity index (χ2n) is 8.03. The second-order valence-corrected chi connectivity index (χ2v) is 8.03. The summed E-state index contributed by atoms with van der Waals surface area (Å²) in [5, 5.41) is 18.1. The summed E-state index contributed by atoms with van der Waals surface area (Å²) in [6.07, 6.45) is 0. The van der Waals surface area contributed by atoms with E-state index in [0.29, 0.717) is 5.82 Å². The van der Waals surface area contributed by atoms with Crippen LogP contribution in [0.2, 0.25) is 0 Å². The molecule has 0 unspecified atom stereocenters. The van der Waals surface area contributed by atoms with Crippen molar-refractivity contribution in [1.82, 2.24) is 25.5 Å². The predicted molar refractivity (Wildman–Crippen MR) is 119 cm³/mol. The molecule has 0 fully saturated rings. The van der Waals surface area contributed by atoms with Gasteiger partial charge in [-0.3, -0.25) is 9.59 Å². The highest BCUT2D eigenvalue weighted by Gasteiger charge is 2.27. The SMILES string of the molecule is Cc1cc(C)c(NC(=O)CNC(=O)[C@H](C(C)C)n2nnc(-c3ccccc3)n2)c(C)c1. The number of aryl methyl sites for hydroxylation is 3. The van der Waals surface area contributed by atoms with E-state index in [4.69, 9.17) is 0 Å². The minimum atomic E-state index is -0.680. The molecule has 1 heterocycles. The first-order valence-corrected chi connectivity index (χ1v) is 10.3. The van der Waals surface area contributed by atoms with Crippen LogP contribution in [-0.2, 0) is 9.59 Å². The van der Waals surface area contributed by atoms with Crippen molar-refractivity contribution in [2.75, 3.05) is 11.9 Å². The van der Waals surface area contributed by atoms with E-state index in [1.165, 1.54) is 4.80 Å². The first-order chi connectivity index (χ1) is 14.8. The van der Waals surface area contributed by atoms with Crippen molar-refractivity contribution in [3.05, 3.63) is 59.2 Å². The van der Waals surface area contributed by atoms with Gasteiger partial charge in [0.15, 0.2) is 6.04 Å². The molecular formula is C23H28N6O2. The summed E-state index contributed by atoms with van der Waals surface area (Å²) in [4.78, 5) is 26.6. The lowest BCUT2D eigenvalue weighted by Crippen LogP contribution is -2.40. The number of aromatic nitrogens is 4. The van der Waals surface area contributed by atoms with Crippen molar-refractivity contribution >= 4 is 17.5 Å². The van der Waals surface area contributed by atoms with Crippen molar-refractivity contribution < 1.29 is 9.59 Å². The fourth-order valence-electron chi connectivity index (χ4n) is 3.55. The molecule has 0 aliphatic rings. The predicted octanol–water partition coefficient (Wildman–Crippen LogP) is 3.22. The Morgan fingerprint density at radius 3 is 2.29 bits per heavy atom. The molecule has 0 bridgehead atoms. The number of amides is 2.